The standard InChI is InChI=1S/C19H23N3O3/c23-18(17-8-5-13-25-17)20-15-9-11-16(12-10-15)22-19(24)21-14-6-3-1-2-4-7-14/h5,8-14H,1-4,6-7H2,(H,20,23)(H2,21,22,24). The fourth-order valence-electron chi connectivity index (χ4n) is 3.01. The largest absolute Gasteiger partial charge is 0.459 e. The van der Waals surface area contributed by atoms with Crippen LogP contribution in [-0.2, 0) is 0 Å². The van der Waals surface area contributed by atoms with Gasteiger partial charge in [0.25, 0.3) is 5.91 Å². The highest BCUT2D eigenvalue weighted by Crippen LogP contribution is 2.18. The SMILES string of the molecule is O=C(Nc1ccc(NC(=O)c2ccco2)cc1)NC1CCCCCC1. The molecule has 1 fully saturated rings. The lowest BCUT2D eigenvalue weighted by atomic mass is 10.1. The summed E-state index contributed by atoms with van der Waals surface area (Å²) >= 11 is 0. The highest BCUT2D eigenvalue weighted by Gasteiger charge is 2.14. The maximum atomic E-state index is 12.1. The molecule has 1 aliphatic rings. The summed E-state index contributed by atoms with van der Waals surface area (Å²) in [5.74, 6) is -0.0539. The van der Waals surface area contributed by atoms with Crippen LogP contribution in [0.4, 0.5) is 16.2 Å². The second-order valence-corrected chi connectivity index (χ2v) is 6.30. The van der Waals surface area contributed by atoms with Crippen molar-refractivity contribution in [2.45, 2.75) is 44.6 Å². The molecule has 1 aromatic heterocycles. The van der Waals surface area contributed by atoms with Crippen molar-refractivity contribution in [1.82, 2.24) is 5.32 Å². The van der Waals surface area contributed by atoms with E-state index in [0.717, 1.165) is 12.8 Å². The van der Waals surface area contributed by atoms with Crippen LogP contribution in [0.2, 0.25) is 0 Å². The number of amides is 3. The van der Waals surface area contributed by atoms with Crippen LogP contribution in [-0.4, -0.2) is 18.0 Å². The summed E-state index contributed by atoms with van der Waals surface area (Å²) in [6.07, 6.45) is 8.41. The van der Waals surface area contributed by atoms with Gasteiger partial charge in [-0.2, -0.15) is 0 Å². The zero-order valence-electron chi connectivity index (χ0n) is 14.1. The smallest absolute Gasteiger partial charge is 0.319 e. The molecule has 1 aliphatic carbocycles. The lowest BCUT2D eigenvalue weighted by Gasteiger charge is -2.16. The molecule has 0 saturated heterocycles. The number of urea groups is 1. The quantitative estimate of drug-likeness (QED) is 0.722. The number of carbonyl (C=O) groups is 2. The second-order valence-electron chi connectivity index (χ2n) is 6.30. The zero-order chi connectivity index (χ0) is 17.5. The summed E-state index contributed by atoms with van der Waals surface area (Å²) in [5.41, 5.74) is 1.32. The number of rotatable bonds is 4. The van der Waals surface area contributed by atoms with Gasteiger partial charge in [-0.3, -0.25) is 4.79 Å². The molecule has 2 aromatic rings. The van der Waals surface area contributed by atoms with Gasteiger partial charge in [-0.15, -0.1) is 0 Å². The first-order valence-electron chi connectivity index (χ1n) is 8.73. The molecule has 1 aromatic carbocycles. The molecular formula is C19H23N3O3. The average molecular weight is 341 g/mol. The molecule has 6 heteroatoms. The minimum atomic E-state index is -0.309. The predicted molar refractivity (Wildman–Crippen MR) is 96.7 cm³/mol. The first kappa shape index (κ1) is 17.1. The number of furan rings is 1. The molecule has 3 amide bonds. The van der Waals surface area contributed by atoms with Gasteiger partial charge >= 0.3 is 6.03 Å². The summed E-state index contributed by atoms with van der Waals surface area (Å²) in [6, 6.07) is 10.3. The normalized spacial score (nSPS) is 15.2. The lowest BCUT2D eigenvalue weighted by molar-refractivity contribution is 0.0996. The number of hydrogen-bond donors (Lipinski definition) is 3. The monoisotopic (exact) mass is 341 g/mol. The highest BCUT2D eigenvalue weighted by molar-refractivity contribution is 6.02. The van der Waals surface area contributed by atoms with E-state index < -0.39 is 0 Å². The van der Waals surface area contributed by atoms with Crippen molar-refractivity contribution in [3.63, 3.8) is 0 Å². The van der Waals surface area contributed by atoms with Crippen LogP contribution in [0.5, 0.6) is 0 Å². The fraction of sp³-hybridized carbons (Fsp3) is 0.368. The van der Waals surface area contributed by atoms with E-state index >= 15 is 0 Å². The molecule has 6 nitrogen and oxygen atoms in total. The Morgan fingerprint density at radius 2 is 1.52 bits per heavy atom. The fourth-order valence-corrected chi connectivity index (χ4v) is 3.01. The Bertz CT molecular complexity index is 687. The van der Waals surface area contributed by atoms with Crippen LogP contribution >= 0.6 is 0 Å². The average Bonchev–Trinajstić information content (AvgIpc) is 3.03. The van der Waals surface area contributed by atoms with Gasteiger partial charge in [0, 0.05) is 17.4 Å². The van der Waals surface area contributed by atoms with E-state index in [2.05, 4.69) is 16.0 Å². The molecule has 132 valence electrons. The van der Waals surface area contributed by atoms with Gasteiger partial charge in [-0.05, 0) is 49.2 Å². The Kier molecular flexibility index (Phi) is 5.72. The maximum absolute atomic E-state index is 12.1. The van der Waals surface area contributed by atoms with Crippen LogP contribution in [0.3, 0.4) is 0 Å². The minimum Gasteiger partial charge on any atom is -0.459 e. The number of nitrogens with one attached hydrogen (secondary N) is 3. The Hall–Kier alpha value is -2.76. The summed E-state index contributed by atoms with van der Waals surface area (Å²) in [6.45, 7) is 0. The molecule has 25 heavy (non-hydrogen) atoms. The molecule has 3 N–H and O–H groups in total. The molecule has 0 radical (unpaired) electrons. The molecule has 0 bridgehead atoms. The Morgan fingerprint density at radius 3 is 2.12 bits per heavy atom. The number of benzene rings is 1. The Morgan fingerprint density at radius 1 is 0.880 bits per heavy atom. The van der Waals surface area contributed by atoms with Crippen molar-refractivity contribution < 1.29 is 14.0 Å². The van der Waals surface area contributed by atoms with Crippen molar-refractivity contribution in [1.29, 1.82) is 0 Å². The van der Waals surface area contributed by atoms with Gasteiger partial charge in [0.15, 0.2) is 5.76 Å². The van der Waals surface area contributed by atoms with Gasteiger partial charge in [0.1, 0.15) is 0 Å². The topological polar surface area (TPSA) is 83.4 Å². The number of hydrogen-bond acceptors (Lipinski definition) is 3. The summed E-state index contributed by atoms with van der Waals surface area (Å²) in [7, 11) is 0. The highest BCUT2D eigenvalue weighted by atomic mass is 16.3. The van der Waals surface area contributed by atoms with Gasteiger partial charge in [-0.1, -0.05) is 25.7 Å². The van der Waals surface area contributed by atoms with Crippen molar-refractivity contribution in [2.75, 3.05) is 10.6 Å². The Balaban J connectivity index is 1.50. The summed E-state index contributed by atoms with van der Waals surface area (Å²) < 4.78 is 5.05. The molecule has 0 atom stereocenters. The summed E-state index contributed by atoms with van der Waals surface area (Å²) in [5, 5.41) is 8.61. The van der Waals surface area contributed by atoms with Gasteiger partial charge in [0.2, 0.25) is 0 Å². The van der Waals surface area contributed by atoms with E-state index in [1.54, 1.807) is 36.4 Å². The third kappa shape index (κ3) is 5.11. The van der Waals surface area contributed by atoms with Gasteiger partial charge < -0.3 is 20.4 Å². The van der Waals surface area contributed by atoms with E-state index in [0.29, 0.717) is 11.4 Å². The van der Waals surface area contributed by atoms with Crippen molar-refractivity contribution in [3.05, 3.63) is 48.4 Å². The van der Waals surface area contributed by atoms with E-state index in [4.69, 9.17) is 4.42 Å². The molecule has 0 spiro atoms. The van der Waals surface area contributed by atoms with Crippen molar-refractivity contribution >= 4 is 23.3 Å². The van der Waals surface area contributed by atoms with Crippen LogP contribution < -0.4 is 16.0 Å². The summed E-state index contributed by atoms with van der Waals surface area (Å²) in [4.78, 5) is 24.0. The van der Waals surface area contributed by atoms with E-state index in [9.17, 15) is 9.59 Å². The van der Waals surface area contributed by atoms with Crippen molar-refractivity contribution in [2.24, 2.45) is 0 Å². The zero-order valence-corrected chi connectivity index (χ0v) is 14.1. The molecular weight excluding hydrogens is 318 g/mol. The molecule has 0 aliphatic heterocycles. The first-order chi connectivity index (χ1) is 12.2. The molecule has 0 unspecified atom stereocenters. The molecule has 1 heterocycles. The van der Waals surface area contributed by atoms with E-state index in [1.807, 2.05) is 0 Å². The van der Waals surface area contributed by atoms with Crippen LogP contribution in [0, 0.1) is 0 Å². The van der Waals surface area contributed by atoms with Gasteiger partial charge in [0.05, 0.1) is 6.26 Å². The third-order valence-electron chi connectivity index (χ3n) is 4.34. The third-order valence-corrected chi connectivity index (χ3v) is 4.34. The molecule has 1 saturated carbocycles. The number of anilines is 2. The first-order valence-corrected chi connectivity index (χ1v) is 8.73. The molecule has 3 rings (SSSR count). The maximum Gasteiger partial charge on any atom is 0.319 e. The lowest BCUT2D eigenvalue weighted by Crippen LogP contribution is -2.37. The van der Waals surface area contributed by atoms with Crippen molar-refractivity contribution in [3.8, 4) is 0 Å². The van der Waals surface area contributed by atoms with E-state index in [1.165, 1.54) is 31.9 Å². The van der Waals surface area contributed by atoms with Crippen LogP contribution in [0.1, 0.15) is 49.1 Å². The number of carbonyl (C=O) groups excluding carboxylic acids is 2. The second kappa shape index (κ2) is 8.37. The predicted octanol–water partition coefficient (Wildman–Crippen LogP) is 4.38. The minimum absolute atomic E-state index is 0.181. The van der Waals surface area contributed by atoms with Gasteiger partial charge in [-0.25, -0.2) is 4.79 Å². The van der Waals surface area contributed by atoms with Crippen LogP contribution in [0.15, 0.2) is 47.1 Å². The van der Waals surface area contributed by atoms with E-state index in [-0.39, 0.29) is 23.7 Å². The Labute approximate surface area is 147 Å². The van der Waals surface area contributed by atoms with Crippen LogP contribution in [0.25, 0.3) is 0 Å².